The molecule has 9 heteroatoms. The first-order valence-corrected chi connectivity index (χ1v) is 9.35. The Bertz CT molecular complexity index is 657. The standard InChI is InChI=1S/C19H28N4O5/c1-27-15-5-7-16(8-6-15)28-14-9-19(26)23-12-10-22(11-13-23)18(25)4-2-3-17(24)21-20/h5-8H,2-4,9-14,20H2,1H3,(H,21,24). The largest absolute Gasteiger partial charge is 0.497 e. The molecular formula is C19H28N4O5. The number of piperazine rings is 1. The number of amides is 3. The quantitative estimate of drug-likeness (QED) is 0.355. The minimum Gasteiger partial charge on any atom is -0.497 e. The fraction of sp³-hybridized carbons (Fsp3) is 0.526. The molecule has 0 aliphatic carbocycles. The van der Waals surface area contributed by atoms with E-state index in [4.69, 9.17) is 15.3 Å². The molecule has 0 unspecified atom stereocenters. The number of carbonyl (C=O) groups excluding carboxylic acids is 3. The van der Waals surface area contributed by atoms with E-state index in [1.165, 1.54) is 0 Å². The third-order valence-electron chi connectivity index (χ3n) is 4.58. The molecule has 154 valence electrons. The lowest BCUT2D eigenvalue weighted by molar-refractivity contribution is -0.140. The molecule has 1 saturated heterocycles. The maximum atomic E-state index is 12.3. The molecule has 1 aromatic rings. The van der Waals surface area contributed by atoms with Crippen molar-refractivity contribution >= 4 is 17.7 Å². The molecule has 3 amide bonds. The number of rotatable bonds is 9. The van der Waals surface area contributed by atoms with Crippen molar-refractivity contribution in [3.8, 4) is 11.5 Å². The van der Waals surface area contributed by atoms with Gasteiger partial charge in [-0.05, 0) is 30.7 Å². The fourth-order valence-corrected chi connectivity index (χ4v) is 2.92. The molecule has 0 radical (unpaired) electrons. The van der Waals surface area contributed by atoms with Gasteiger partial charge in [0.2, 0.25) is 17.7 Å². The SMILES string of the molecule is COc1ccc(OCCC(=O)N2CCN(C(=O)CCCC(=O)NN)CC2)cc1. The van der Waals surface area contributed by atoms with Crippen LogP contribution in [-0.4, -0.2) is 67.4 Å². The van der Waals surface area contributed by atoms with Gasteiger partial charge in [-0.25, -0.2) is 5.84 Å². The molecule has 1 aromatic carbocycles. The molecule has 1 aliphatic heterocycles. The predicted octanol–water partition coefficient (Wildman–Crippen LogP) is 0.295. The second kappa shape index (κ2) is 11.1. The summed E-state index contributed by atoms with van der Waals surface area (Å²) in [7, 11) is 1.60. The zero-order valence-corrected chi connectivity index (χ0v) is 16.2. The van der Waals surface area contributed by atoms with Crippen LogP contribution in [0.1, 0.15) is 25.7 Å². The number of nitrogens with one attached hydrogen (secondary N) is 1. The summed E-state index contributed by atoms with van der Waals surface area (Å²) in [6.07, 6.45) is 1.28. The number of methoxy groups -OCH3 is 1. The van der Waals surface area contributed by atoms with Gasteiger partial charge in [0, 0.05) is 39.0 Å². The molecule has 1 heterocycles. The minimum absolute atomic E-state index is 0.000223. The lowest BCUT2D eigenvalue weighted by atomic mass is 10.2. The number of nitrogens with zero attached hydrogens (tertiary/aromatic N) is 2. The molecule has 28 heavy (non-hydrogen) atoms. The maximum absolute atomic E-state index is 12.3. The van der Waals surface area contributed by atoms with Gasteiger partial charge in [0.15, 0.2) is 0 Å². The number of hydrazine groups is 1. The Morgan fingerprint density at radius 2 is 1.46 bits per heavy atom. The molecule has 3 N–H and O–H groups in total. The van der Waals surface area contributed by atoms with Gasteiger partial charge in [0.05, 0.1) is 20.1 Å². The van der Waals surface area contributed by atoms with Gasteiger partial charge >= 0.3 is 0 Å². The van der Waals surface area contributed by atoms with Gasteiger partial charge in [0.1, 0.15) is 11.5 Å². The van der Waals surface area contributed by atoms with Crippen molar-refractivity contribution in [3.63, 3.8) is 0 Å². The van der Waals surface area contributed by atoms with E-state index >= 15 is 0 Å². The lowest BCUT2D eigenvalue weighted by Gasteiger charge is -2.35. The number of hydrogen-bond acceptors (Lipinski definition) is 6. The molecule has 0 bridgehead atoms. The highest BCUT2D eigenvalue weighted by Gasteiger charge is 2.23. The van der Waals surface area contributed by atoms with Crippen molar-refractivity contribution in [1.29, 1.82) is 0 Å². The van der Waals surface area contributed by atoms with Crippen molar-refractivity contribution in [1.82, 2.24) is 15.2 Å². The van der Waals surface area contributed by atoms with E-state index in [0.717, 1.165) is 5.75 Å². The molecule has 9 nitrogen and oxygen atoms in total. The molecule has 1 fully saturated rings. The Labute approximate surface area is 164 Å². The Hall–Kier alpha value is -2.81. The number of ether oxygens (including phenoxy) is 2. The lowest BCUT2D eigenvalue weighted by Crippen LogP contribution is -2.50. The highest BCUT2D eigenvalue weighted by Crippen LogP contribution is 2.17. The molecule has 0 aromatic heterocycles. The van der Waals surface area contributed by atoms with Crippen LogP contribution < -0.4 is 20.7 Å². The summed E-state index contributed by atoms with van der Waals surface area (Å²) < 4.78 is 10.7. The zero-order chi connectivity index (χ0) is 20.4. The van der Waals surface area contributed by atoms with Crippen LogP contribution in [0.5, 0.6) is 11.5 Å². The minimum atomic E-state index is -0.278. The average Bonchev–Trinajstić information content (AvgIpc) is 2.74. The first-order chi connectivity index (χ1) is 13.5. The number of nitrogens with two attached hydrogens (primary N) is 1. The van der Waals surface area contributed by atoms with Crippen molar-refractivity contribution in [2.75, 3.05) is 39.9 Å². The second-order valence-electron chi connectivity index (χ2n) is 6.46. The van der Waals surface area contributed by atoms with Crippen LogP contribution in [0.2, 0.25) is 0 Å². The summed E-state index contributed by atoms with van der Waals surface area (Å²) >= 11 is 0. The van der Waals surface area contributed by atoms with E-state index in [2.05, 4.69) is 0 Å². The Morgan fingerprint density at radius 3 is 2.00 bits per heavy atom. The molecule has 0 saturated carbocycles. The second-order valence-corrected chi connectivity index (χ2v) is 6.46. The summed E-state index contributed by atoms with van der Waals surface area (Å²) in [4.78, 5) is 39.0. The van der Waals surface area contributed by atoms with Crippen LogP contribution >= 0.6 is 0 Å². The molecular weight excluding hydrogens is 364 g/mol. The first-order valence-electron chi connectivity index (χ1n) is 9.35. The summed E-state index contributed by atoms with van der Waals surface area (Å²) in [6.45, 7) is 2.33. The van der Waals surface area contributed by atoms with Gasteiger partial charge in [-0.15, -0.1) is 0 Å². The van der Waals surface area contributed by atoms with E-state index in [1.54, 1.807) is 41.2 Å². The van der Waals surface area contributed by atoms with Crippen molar-refractivity contribution < 1.29 is 23.9 Å². The fourth-order valence-electron chi connectivity index (χ4n) is 2.92. The average molecular weight is 392 g/mol. The van der Waals surface area contributed by atoms with Crippen LogP contribution in [0.3, 0.4) is 0 Å². The third kappa shape index (κ3) is 6.73. The number of hydrogen-bond donors (Lipinski definition) is 2. The van der Waals surface area contributed by atoms with Gasteiger partial charge in [0.25, 0.3) is 0 Å². The predicted molar refractivity (Wildman–Crippen MR) is 102 cm³/mol. The third-order valence-corrected chi connectivity index (χ3v) is 4.58. The normalized spacial score (nSPS) is 13.8. The van der Waals surface area contributed by atoms with E-state index in [1.807, 2.05) is 5.43 Å². The van der Waals surface area contributed by atoms with Crippen LogP contribution in [-0.2, 0) is 14.4 Å². The highest BCUT2D eigenvalue weighted by molar-refractivity contribution is 5.79. The Balaban J connectivity index is 1.64. The van der Waals surface area contributed by atoms with Crippen LogP contribution in [0, 0.1) is 0 Å². The molecule has 0 atom stereocenters. The summed E-state index contributed by atoms with van der Waals surface area (Å²) in [5, 5.41) is 0. The number of carbonyl (C=O) groups is 3. The topological polar surface area (TPSA) is 114 Å². The van der Waals surface area contributed by atoms with Crippen molar-refractivity contribution in [2.45, 2.75) is 25.7 Å². The molecule has 2 rings (SSSR count). The smallest absolute Gasteiger partial charge is 0.233 e. The van der Waals surface area contributed by atoms with E-state index in [-0.39, 0.29) is 30.6 Å². The van der Waals surface area contributed by atoms with Crippen LogP contribution in [0.25, 0.3) is 0 Å². The van der Waals surface area contributed by atoms with E-state index < -0.39 is 0 Å². The van der Waals surface area contributed by atoms with E-state index in [0.29, 0.717) is 51.4 Å². The van der Waals surface area contributed by atoms with Crippen LogP contribution in [0.4, 0.5) is 0 Å². The van der Waals surface area contributed by atoms with Crippen molar-refractivity contribution in [3.05, 3.63) is 24.3 Å². The molecule has 0 spiro atoms. The van der Waals surface area contributed by atoms with Gasteiger partial charge in [-0.3, -0.25) is 19.8 Å². The zero-order valence-electron chi connectivity index (χ0n) is 16.2. The summed E-state index contributed by atoms with van der Waals surface area (Å²) in [5.41, 5.74) is 2.04. The first kappa shape index (κ1) is 21.5. The van der Waals surface area contributed by atoms with Crippen molar-refractivity contribution in [2.24, 2.45) is 5.84 Å². The highest BCUT2D eigenvalue weighted by atomic mass is 16.5. The van der Waals surface area contributed by atoms with Gasteiger partial charge < -0.3 is 19.3 Å². The van der Waals surface area contributed by atoms with E-state index in [9.17, 15) is 14.4 Å². The van der Waals surface area contributed by atoms with Gasteiger partial charge in [-0.2, -0.15) is 0 Å². The number of benzene rings is 1. The van der Waals surface area contributed by atoms with Crippen LogP contribution in [0.15, 0.2) is 24.3 Å². The van der Waals surface area contributed by atoms with Gasteiger partial charge in [-0.1, -0.05) is 0 Å². The maximum Gasteiger partial charge on any atom is 0.233 e. The summed E-state index contributed by atoms with van der Waals surface area (Å²) in [5.74, 6) is 6.18. The Kier molecular flexibility index (Phi) is 8.54. The summed E-state index contributed by atoms with van der Waals surface area (Å²) in [6, 6.07) is 7.20. The Morgan fingerprint density at radius 1 is 0.929 bits per heavy atom. The molecule has 1 aliphatic rings. The monoisotopic (exact) mass is 392 g/mol.